The number of nitrogens with zero attached hydrogens (tertiary/aromatic N) is 1. The molecule has 0 saturated heterocycles. The summed E-state index contributed by atoms with van der Waals surface area (Å²) in [6.45, 7) is 1.94. The van der Waals surface area contributed by atoms with Crippen LogP contribution in [0.15, 0.2) is 71.3 Å². The van der Waals surface area contributed by atoms with E-state index in [-0.39, 0.29) is 18.2 Å². The number of nitrogens with one attached hydrogen (secondary N) is 1. The van der Waals surface area contributed by atoms with Gasteiger partial charge >= 0.3 is 6.18 Å². The zero-order valence-electron chi connectivity index (χ0n) is 17.2. The number of rotatable bonds is 4. The summed E-state index contributed by atoms with van der Waals surface area (Å²) in [6, 6.07) is 14.1. The van der Waals surface area contributed by atoms with E-state index in [2.05, 4.69) is 5.32 Å². The Balaban J connectivity index is 1.55. The Hall–Kier alpha value is -3.55. The Morgan fingerprint density at radius 3 is 2.34 bits per heavy atom. The van der Waals surface area contributed by atoms with Crippen molar-refractivity contribution < 1.29 is 27.2 Å². The lowest BCUT2D eigenvalue weighted by molar-refractivity contribution is -0.137. The summed E-state index contributed by atoms with van der Waals surface area (Å²) in [6.07, 6.45) is -2.70. The van der Waals surface area contributed by atoms with Gasteiger partial charge in [0.25, 0.3) is 5.91 Å². The highest BCUT2D eigenvalue weighted by Crippen LogP contribution is 2.30. The molecule has 2 amide bonds. The van der Waals surface area contributed by atoms with Crippen molar-refractivity contribution in [1.82, 2.24) is 10.2 Å². The number of amides is 2. The quantitative estimate of drug-likeness (QED) is 0.635. The van der Waals surface area contributed by atoms with Gasteiger partial charge in [-0.1, -0.05) is 36.4 Å². The van der Waals surface area contributed by atoms with Gasteiger partial charge in [-0.15, -0.1) is 0 Å². The van der Waals surface area contributed by atoms with Crippen LogP contribution >= 0.6 is 0 Å². The molecular weight excluding hydrogens is 421 g/mol. The van der Waals surface area contributed by atoms with Gasteiger partial charge in [-0.25, -0.2) is 0 Å². The van der Waals surface area contributed by atoms with Crippen LogP contribution in [0.2, 0.25) is 0 Å². The first-order valence-corrected chi connectivity index (χ1v) is 10.1. The van der Waals surface area contributed by atoms with E-state index in [0.29, 0.717) is 12.0 Å². The van der Waals surface area contributed by atoms with Gasteiger partial charge in [0.2, 0.25) is 5.91 Å². The van der Waals surface area contributed by atoms with Crippen molar-refractivity contribution in [3.63, 3.8) is 0 Å². The molecule has 0 radical (unpaired) electrons. The summed E-state index contributed by atoms with van der Waals surface area (Å²) in [7, 11) is 0. The molecule has 5 nitrogen and oxygen atoms in total. The molecule has 0 bridgehead atoms. The molecular formula is C24H21F3N2O3. The van der Waals surface area contributed by atoms with Crippen molar-refractivity contribution in [1.29, 1.82) is 0 Å². The molecule has 166 valence electrons. The lowest BCUT2D eigenvalue weighted by Crippen LogP contribution is -2.52. The van der Waals surface area contributed by atoms with Gasteiger partial charge in [0.15, 0.2) is 5.76 Å². The third-order valence-corrected chi connectivity index (χ3v) is 5.64. The second-order valence-electron chi connectivity index (χ2n) is 7.75. The molecule has 1 aliphatic rings. The van der Waals surface area contributed by atoms with Crippen LogP contribution in [0.1, 0.15) is 45.8 Å². The molecule has 0 fully saturated rings. The number of hydrogen-bond donors (Lipinski definition) is 1. The fraction of sp³-hybridized carbons (Fsp3) is 0.250. The van der Waals surface area contributed by atoms with Crippen molar-refractivity contribution in [2.75, 3.05) is 0 Å². The number of benzene rings is 2. The SMILES string of the molecule is CC(NC(=O)C1Cc2ccccc2CN1C(=O)c1ccco1)c1ccc(C(F)(F)F)cc1. The molecule has 1 aliphatic heterocycles. The normalized spacial score (nSPS) is 16.9. The molecule has 1 N–H and O–H groups in total. The third-order valence-electron chi connectivity index (χ3n) is 5.64. The van der Waals surface area contributed by atoms with Crippen LogP contribution in [0.5, 0.6) is 0 Å². The Labute approximate surface area is 182 Å². The van der Waals surface area contributed by atoms with Crippen LogP contribution in [0.4, 0.5) is 13.2 Å². The van der Waals surface area contributed by atoms with Gasteiger partial charge < -0.3 is 14.6 Å². The number of carbonyl (C=O) groups is 2. The summed E-state index contributed by atoms with van der Waals surface area (Å²) < 4.78 is 43.7. The van der Waals surface area contributed by atoms with E-state index in [1.165, 1.54) is 23.3 Å². The highest BCUT2D eigenvalue weighted by molar-refractivity contribution is 5.96. The molecule has 2 unspecified atom stereocenters. The third kappa shape index (κ3) is 4.39. The number of hydrogen-bond acceptors (Lipinski definition) is 3. The molecule has 32 heavy (non-hydrogen) atoms. The van der Waals surface area contributed by atoms with E-state index in [0.717, 1.165) is 23.3 Å². The first-order chi connectivity index (χ1) is 15.2. The Kier molecular flexibility index (Phi) is 5.78. The molecule has 2 atom stereocenters. The summed E-state index contributed by atoms with van der Waals surface area (Å²) >= 11 is 0. The summed E-state index contributed by atoms with van der Waals surface area (Å²) in [5, 5.41) is 2.84. The Morgan fingerprint density at radius 1 is 1.03 bits per heavy atom. The van der Waals surface area contributed by atoms with E-state index < -0.39 is 29.7 Å². The fourth-order valence-electron chi connectivity index (χ4n) is 3.87. The molecule has 3 aromatic rings. The second kappa shape index (κ2) is 8.53. The van der Waals surface area contributed by atoms with Gasteiger partial charge in [0, 0.05) is 13.0 Å². The van der Waals surface area contributed by atoms with Crippen LogP contribution in [-0.2, 0) is 23.9 Å². The zero-order chi connectivity index (χ0) is 22.9. The Bertz CT molecular complexity index is 1110. The molecule has 0 saturated carbocycles. The molecule has 2 aromatic carbocycles. The van der Waals surface area contributed by atoms with Gasteiger partial charge in [-0.05, 0) is 47.9 Å². The maximum absolute atomic E-state index is 13.2. The van der Waals surface area contributed by atoms with E-state index in [4.69, 9.17) is 4.42 Å². The topological polar surface area (TPSA) is 62.6 Å². The van der Waals surface area contributed by atoms with E-state index in [1.54, 1.807) is 19.1 Å². The first-order valence-electron chi connectivity index (χ1n) is 10.1. The molecule has 0 aliphatic carbocycles. The molecule has 1 aromatic heterocycles. The summed E-state index contributed by atoms with van der Waals surface area (Å²) in [5.41, 5.74) is 1.70. The summed E-state index contributed by atoms with van der Waals surface area (Å²) in [5.74, 6) is -0.642. The second-order valence-corrected chi connectivity index (χ2v) is 7.75. The van der Waals surface area contributed by atoms with Gasteiger partial charge in [0.05, 0.1) is 17.9 Å². The van der Waals surface area contributed by atoms with E-state index in [1.807, 2.05) is 24.3 Å². The maximum Gasteiger partial charge on any atom is 0.416 e. The minimum Gasteiger partial charge on any atom is -0.459 e. The van der Waals surface area contributed by atoms with E-state index in [9.17, 15) is 22.8 Å². The lowest BCUT2D eigenvalue weighted by Gasteiger charge is -2.36. The zero-order valence-corrected chi connectivity index (χ0v) is 17.2. The van der Waals surface area contributed by atoms with Crippen LogP contribution in [0, 0.1) is 0 Å². The Morgan fingerprint density at radius 2 is 1.72 bits per heavy atom. The van der Waals surface area contributed by atoms with Crippen LogP contribution in [-0.4, -0.2) is 22.8 Å². The number of carbonyl (C=O) groups excluding carboxylic acids is 2. The van der Waals surface area contributed by atoms with Crippen molar-refractivity contribution in [3.05, 3.63) is 94.9 Å². The molecule has 2 heterocycles. The average Bonchev–Trinajstić information content (AvgIpc) is 3.32. The van der Waals surface area contributed by atoms with E-state index >= 15 is 0 Å². The number of furan rings is 1. The monoisotopic (exact) mass is 442 g/mol. The van der Waals surface area contributed by atoms with Crippen LogP contribution in [0.25, 0.3) is 0 Å². The smallest absolute Gasteiger partial charge is 0.416 e. The van der Waals surface area contributed by atoms with Gasteiger partial charge in [-0.2, -0.15) is 13.2 Å². The average molecular weight is 442 g/mol. The van der Waals surface area contributed by atoms with Crippen LogP contribution < -0.4 is 5.32 Å². The molecule has 0 spiro atoms. The van der Waals surface area contributed by atoms with Crippen molar-refractivity contribution in [2.24, 2.45) is 0 Å². The number of alkyl halides is 3. The van der Waals surface area contributed by atoms with Gasteiger partial charge in [-0.3, -0.25) is 9.59 Å². The fourth-order valence-corrected chi connectivity index (χ4v) is 3.87. The number of fused-ring (bicyclic) bond motifs is 1. The van der Waals surface area contributed by atoms with Crippen molar-refractivity contribution in [2.45, 2.75) is 38.1 Å². The highest BCUT2D eigenvalue weighted by Gasteiger charge is 2.36. The predicted molar refractivity (Wildman–Crippen MR) is 111 cm³/mol. The van der Waals surface area contributed by atoms with Crippen molar-refractivity contribution in [3.8, 4) is 0 Å². The molecule has 4 rings (SSSR count). The minimum atomic E-state index is -4.42. The van der Waals surface area contributed by atoms with Crippen LogP contribution in [0.3, 0.4) is 0 Å². The number of halogens is 3. The minimum absolute atomic E-state index is 0.137. The highest BCUT2D eigenvalue weighted by atomic mass is 19.4. The standard InChI is InChI=1S/C24H21F3N2O3/c1-15(16-8-10-19(11-9-16)24(25,26)27)28-22(30)20-13-17-5-2-3-6-18(17)14-29(20)23(31)21-7-4-12-32-21/h2-12,15,20H,13-14H2,1H3,(H,28,30). The summed E-state index contributed by atoms with van der Waals surface area (Å²) in [4.78, 5) is 27.7. The largest absolute Gasteiger partial charge is 0.459 e. The predicted octanol–water partition coefficient (Wildman–Crippen LogP) is 4.74. The lowest BCUT2D eigenvalue weighted by atomic mass is 9.93. The maximum atomic E-state index is 13.2. The van der Waals surface area contributed by atoms with Crippen molar-refractivity contribution >= 4 is 11.8 Å². The van der Waals surface area contributed by atoms with Gasteiger partial charge in [0.1, 0.15) is 6.04 Å². The molecule has 8 heteroatoms. The first kappa shape index (κ1) is 21.7.